The van der Waals surface area contributed by atoms with Gasteiger partial charge in [0, 0.05) is 10.7 Å². The average Bonchev–Trinajstić information content (AvgIpc) is 2.48. The monoisotopic (exact) mass is 337 g/mol. The van der Waals surface area contributed by atoms with Crippen molar-refractivity contribution in [3.63, 3.8) is 0 Å². The molecule has 2 rings (SSSR count). The first-order chi connectivity index (χ1) is 9.65. The quantitative estimate of drug-likeness (QED) is 0.650. The summed E-state index contributed by atoms with van der Waals surface area (Å²) < 4.78 is 14.7. The van der Waals surface area contributed by atoms with Crippen LogP contribution in [0, 0.1) is 5.82 Å². The minimum atomic E-state index is -0.234. The Labute approximate surface area is 126 Å². The average molecular weight is 338 g/mol. The van der Waals surface area contributed by atoms with E-state index in [0.717, 1.165) is 22.2 Å². The maximum atomic E-state index is 13.9. The molecule has 0 saturated carbocycles. The van der Waals surface area contributed by atoms with Crippen molar-refractivity contribution in [1.29, 1.82) is 0 Å². The highest BCUT2D eigenvalue weighted by molar-refractivity contribution is 9.10. The van der Waals surface area contributed by atoms with Gasteiger partial charge in [-0.1, -0.05) is 28.9 Å². The van der Waals surface area contributed by atoms with E-state index >= 15 is 0 Å². The van der Waals surface area contributed by atoms with E-state index in [1.807, 2.05) is 12.1 Å². The molecule has 1 atom stereocenters. The Morgan fingerprint density at radius 3 is 2.85 bits per heavy atom. The van der Waals surface area contributed by atoms with Gasteiger partial charge in [0.2, 0.25) is 0 Å². The van der Waals surface area contributed by atoms with Gasteiger partial charge in [-0.25, -0.2) is 4.39 Å². The van der Waals surface area contributed by atoms with Gasteiger partial charge in [-0.3, -0.25) is 16.3 Å². The van der Waals surface area contributed by atoms with E-state index in [2.05, 4.69) is 33.3 Å². The lowest BCUT2D eigenvalue weighted by Gasteiger charge is -2.18. The lowest BCUT2D eigenvalue weighted by molar-refractivity contribution is 0.515. The number of benzene rings is 1. The summed E-state index contributed by atoms with van der Waals surface area (Å²) in [6, 6.07) is 8.61. The van der Waals surface area contributed by atoms with Crippen LogP contribution in [0.4, 0.5) is 4.39 Å². The van der Waals surface area contributed by atoms with Gasteiger partial charge < -0.3 is 0 Å². The molecule has 0 spiro atoms. The molecule has 1 aromatic heterocycles. The first-order valence-corrected chi connectivity index (χ1v) is 7.28. The number of nitrogens with two attached hydrogens (primary N) is 1. The van der Waals surface area contributed by atoms with Crippen molar-refractivity contribution < 1.29 is 4.39 Å². The molecule has 3 nitrogen and oxygen atoms in total. The van der Waals surface area contributed by atoms with Gasteiger partial charge in [-0.2, -0.15) is 0 Å². The van der Waals surface area contributed by atoms with E-state index in [1.54, 1.807) is 18.3 Å². The highest BCUT2D eigenvalue weighted by Crippen LogP contribution is 2.23. The normalized spacial score (nSPS) is 12.4. The number of rotatable bonds is 5. The standard InChI is InChI=1S/C15H17BrFN3/c1-2-10-4-3-7-19-15(10)14(20-18)9-11-8-12(16)5-6-13(11)17/h3-8,14,20H,2,9,18H2,1H3. The second-order valence-electron chi connectivity index (χ2n) is 4.56. The highest BCUT2D eigenvalue weighted by atomic mass is 79.9. The number of hydrazine groups is 1. The number of nitrogens with zero attached hydrogens (tertiary/aromatic N) is 1. The van der Waals surface area contributed by atoms with E-state index in [1.165, 1.54) is 6.07 Å². The number of hydrogen-bond donors (Lipinski definition) is 2. The van der Waals surface area contributed by atoms with Gasteiger partial charge in [0.05, 0.1) is 11.7 Å². The molecule has 5 heteroatoms. The van der Waals surface area contributed by atoms with Gasteiger partial charge in [-0.05, 0) is 48.2 Å². The summed E-state index contributed by atoms with van der Waals surface area (Å²) >= 11 is 3.36. The van der Waals surface area contributed by atoms with Crippen LogP contribution in [-0.4, -0.2) is 4.98 Å². The molecule has 3 N–H and O–H groups in total. The minimum absolute atomic E-state index is 0.213. The summed E-state index contributed by atoms with van der Waals surface area (Å²) in [5.74, 6) is 5.41. The first-order valence-electron chi connectivity index (χ1n) is 6.49. The van der Waals surface area contributed by atoms with Gasteiger partial charge >= 0.3 is 0 Å². The Morgan fingerprint density at radius 2 is 2.15 bits per heavy atom. The van der Waals surface area contributed by atoms with Crippen molar-refractivity contribution in [3.05, 3.63) is 63.6 Å². The molecule has 2 aromatic rings. The largest absolute Gasteiger partial charge is 0.271 e. The lowest BCUT2D eigenvalue weighted by Crippen LogP contribution is -2.31. The van der Waals surface area contributed by atoms with Crippen LogP contribution in [0.5, 0.6) is 0 Å². The molecule has 1 heterocycles. The fourth-order valence-corrected chi connectivity index (χ4v) is 2.63. The van der Waals surface area contributed by atoms with Gasteiger partial charge in [0.25, 0.3) is 0 Å². The number of nitrogens with one attached hydrogen (secondary N) is 1. The smallest absolute Gasteiger partial charge is 0.126 e. The summed E-state index contributed by atoms with van der Waals surface area (Å²) in [7, 11) is 0. The topological polar surface area (TPSA) is 50.9 Å². The summed E-state index contributed by atoms with van der Waals surface area (Å²) in [5, 5.41) is 0. The van der Waals surface area contributed by atoms with Crippen LogP contribution in [-0.2, 0) is 12.8 Å². The molecule has 0 fully saturated rings. The van der Waals surface area contributed by atoms with Gasteiger partial charge in [-0.15, -0.1) is 0 Å². The molecule has 0 bridgehead atoms. The molecule has 0 aliphatic rings. The molecule has 1 unspecified atom stereocenters. The molecule has 0 radical (unpaired) electrons. The number of pyridine rings is 1. The molecule has 0 saturated heterocycles. The Hall–Kier alpha value is -1.30. The third-order valence-electron chi connectivity index (χ3n) is 3.27. The maximum absolute atomic E-state index is 13.9. The molecular formula is C15H17BrFN3. The predicted molar refractivity (Wildman–Crippen MR) is 81.5 cm³/mol. The van der Waals surface area contributed by atoms with Crippen molar-refractivity contribution in [2.45, 2.75) is 25.8 Å². The third kappa shape index (κ3) is 3.42. The molecule has 0 amide bonds. The Balaban J connectivity index is 2.31. The minimum Gasteiger partial charge on any atom is -0.271 e. The molecular weight excluding hydrogens is 321 g/mol. The molecule has 1 aromatic carbocycles. The van der Waals surface area contributed by atoms with Crippen LogP contribution < -0.4 is 11.3 Å². The maximum Gasteiger partial charge on any atom is 0.126 e. The van der Waals surface area contributed by atoms with Gasteiger partial charge in [0.15, 0.2) is 0 Å². The van der Waals surface area contributed by atoms with Crippen molar-refractivity contribution in [3.8, 4) is 0 Å². The fraction of sp³-hybridized carbons (Fsp3) is 0.267. The van der Waals surface area contributed by atoms with Crippen LogP contribution in [0.2, 0.25) is 0 Å². The van der Waals surface area contributed by atoms with E-state index < -0.39 is 0 Å². The SMILES string of the molecule is CCc1cccnc1C(Cc1cc(Br)ccc1F)NN. The molecule has 20 heavy (non-hydrogen) atoms. The van der Waals surface area contributed by atoms with Crippen molar-refractivity contribution in [2.24, 2.45) is 5.84 Å². The predicted octanol–water partition coefficient (Wildman–Crippen LogP) is 3.29. The van der Waals surface area contributed by atoms with Crippen molar-refractivity contribution in [2.75, 3.05) is 0 Å². The Morgan fingerprint density at radius 1 is 1.35 bits per heavy atom. The van der Waals surface area contributed by atoms with Crippen LogP contribution in [0.25, 0.3) is 0 Å². The summed E-state index contributed by atoms with van der Waals surface area (Å²) in [6.45, 7) is 2.06. The van der Waals surface area contributed by atoms with Crippen molar-refractivity contribution in [1.82, 2.24) is 10.4 Å². The van der Waals surface area contributed by atoms with Gasteiger partial charge in [0.1, 0.15) is 5.82 Å². The zero-order valence-corrected chi connectivity index (χ0v) is 12.8. The fourth-order valence-electron chi connectivity index (χ4n) is 2.22. The Kier molecular flexibility index (Phi) is 5.23. The molecule has 0 aliphatic heterocycles. The number of hydrogen-bond acceptors (Lipinski definition) is 3. The lowest BCUT2D eigenvalue weighted by atomic mass is 9.98. The van der Waals surface area contributed by atoms with Crippen LogP contribution in [0.15, 0.2) is 41.0 Å². The summed E-state index contributed by atoms with van der Waals surface area (Å²) in [5.41, 5.74) is 5.34. The highest BCUT2D eigenvalue weighted by Gasteiger charge is 2.17. The van der Waals surface area contributed by atoms with Crippen molar-refractivity contribution >= 4 is 15.9 Å². The third-order valence-corrected chi connectivity index (χ3v) is 3.76. The van der Waals surface area contributed by atoms with Crippen LogP contribution in [0.3, 0.4) is 0 Å². The summed E-state index contributed by atoms with van der Waals surface area (Å²) in [4.78, 5) is 4.39. The number of aromatic nitrogens is 1. The zero-order chi connectivity index (χ0) is 14.5. The van der Waals surface area contributed by atoms with E-state index in [0.29, 0.717) is 12.0 Å². The van der Waals surface area contributed by atoms with Crippen LogP contribution in [0.1, 0.15) is 29.8 Å². The second kappa shape index (κ2) is 6.92. The zero-order valence-electron chi connectivity index (χ0n) is 11.2. The molecule has 0 aliphatic carbocycles. The number of aryl methyl sites for hydroxylation is 1. The van der Waals surface area contributed by atoms with E-state index in [4.69, 9.17) is 5.84 Å². The Bertz CT molecular complexity index is 589. The second-order valence-corrected chi connectivity index (χ2v) is 5.48. The van der Waals surface area contributed by atoms with E-state index in [9.17, 15) is 4.39 Å². The number of halogens is 2. The molecule has 106 valence electrons. The summed E-state index contributed by atoms with van der Waals surface area (Å²) in [6.07, 6.45) is 3.05. The van der Waals surface area contributed by atoms with E-state index in [-0.39, 0.29) is 11.9 Å². The first kappa shape index (κ1) is 15.1. The van der Waals surface area contributed by atoms with Crippen LogP contribution >= 0.6 is 15.9 Å².